The molecule has 1 amide bonds. The molecule has 1 atom stereocenters. The fourth-order valence-electron chi connectivity index (χ4n) is 2.69. The average Bonchev–Trinajstić information content (AvgIpc) is 2.46. The summed E-state index contributed by atoms with van der Waals surface area (Å²) in [4.78, 5) is 17.9. The van der Waals surface area contributed by atoms with Gasteiger partial charge in [0.1, 0.15) is 0 Å². The highest BCUT2D eigenvalue weighted by Gasteiger charge is 2.33. The van der Waals surface area contributed by atoms with Crippen LogP contribution in [0.1, 0.15) is 37.0 Å². The number of amides is 1. The van der Waals surface area contributed by atoms with E-state index in [4.69, 9.17) is 0 Å². The number of rotatable bonds is 4. The Hall–Kier alpha value is -1.43. The van der Waals surface area contributed by atoms with Crippen molar-refractivity contribution < 1.29 is 13.2 Å². The molecule has 1 saturated heterocycles. The van der Waals surface area contributed by atoms with Gasteiger partial charge in [0, 0.05) is 31.0 Å². The largest absolute Gasteiger partial charge is 0.337 e. The van der Waals surface area contributed by atoms with E-state index >= 15 is 0 Å². The second-order valence-corrected chi connectivity index (χ2v) is 8.30. The van der Waals surface area contributed by atoms with Gasteiger partial charge in [-0.15, -0.1) is 0 Å². The lowest BCUT2D eigenvalue weighted by Crippen LogP contribution is -2.46. The van der Waals surface area contributed by atoms with E-state index in [0.717, 1.165) is 6.42 Å². The lowest BCUT2D eigenvalue weighted by Gasteiger charge is -2.32. The Bertz CT molecular complexity index is 584. The zero-order valence-electron chi connectivity index (χ0n) is 12.5. The van der Waals surface area contributed by atoms with Crippen molar-refractivity contribution in [3.8, 4) is 0 Å². The van der Waals surface area contributed by atoms with E-state index in [0.29, 0.717) is 25.1 Å². The van der Waals surface area contributed by atoms with Gasteiger partial charge in [-0.25, -0.2) is 8.42 Å². The van der Waals surface area contributed by atoms with E-state index in [1.54, 1.807) is 29.4 Å². The lowest BCUT2D eigenvalue weighted by molar-refractivity contribution is 0.0727. The van der Waals surface area contributed by atoms with Crippen LogP contribution in [-0.4, -0.2) is 48.3 Å². The maximum absolute atomic E-state index is 12.4. The summed E-state index contributed by atoms with van der Waals surface area (Å²) < 4.78 is 24.7. The molecule has 1 aromatic heterocycles. The molecule has 0 aliphatic carbocycles. The Morgan fingerprint density at radius 2 is 2.05 bits per heavy atom. The number of hydrogen-bond donors (Lipinski definition) is 0. The maximum Gasteiger partial charge on any atom is 0.254 e. The Balaban J connectivity index is 2.09. The monoisotopic (exact) mass is 310 g/mol. The minimum absolute atomic E-state index is 0.109. The summed E-state index contributed by atoms with van der Waals surface area (Å²) >= 11 is 0. The number of likely N-dealkylation sites (tertiary alicyclic amines) is 1. The highest BCUT2D eigenvalue weighted by molar-refractivity contribution is 7.92. The topological polar surface area (TPSA) is 67.3 Å². The third-order valence-corrected chi connectivity index (χ3v) is 6.20. The molecule has 5 nitrogen and oxygen atoms in total. The number of carbonyl (C=O) groups excluding carboxylic acids is 1. The first-order valence-electron chi connectivity index (χ1n) is 7.31. The Morgan fingerprint density at radius 1 is 1.38 bits per heavy atom. The Morgan fingerprint density at radius 3 is 2.67 bits per heavy atom. The van der Waals surface area contributed by atoms with Crippen LogP contribution in [0.3, 0.4) is 0 Å². The van der Waals surface area contributed by atoms with Crippen LogP contribution in [-0.2, 0) is 9.84 Å². The van der Waals surface area contributed by atoms with E-state index in [1.165, 1.54) is 0 Å². The first kappa shape index (κ1) is 15.9. The Kier molecular flexibility index (Phi) is 4.98. The van der Waals surface area contributed by atoms with Crippen LogP contribution in [0.4, 0.5) is 0 Å². The molecule has 0 aromatic carbocycles. The fourth-order valence-corrected chi connectivity index (χ4v) is 4.83. The van der Waals surface area contributed by atoms with Crippen molar-refractivity contribution >= 4 is 15.7 Å². The van der Waals surface area contributed by atoms with Gasteiger partial charge in [-0.1, -0.05) is 13.8 Å². The third-order valence-electron chi connectivity index (χ3n) is 3.67. The summed E-state index contributed by atoms with van der Waals surface area (Å²) in [6.45, 7) is 4.73. The number of aromatic nitrogens is 1. The van der Waals surface area contributed by atoms with Crippen LogP contribution < -0.4 is 0 Å². The summed E-state index contributed by atoms with van der Waals surface area (Å²) in [6, 6.07) is 3.32. The molecule has 1 unspecified atom stereocenters. The smallest absolute Gasteiger partial charge is 0.254 e. The molecule has 0 saturated carbocycles. The molecular weight excluding hydrogens is 288 g/mol. The minimum Gasteiger partial charge on any atom is -0.337 e. The molecule has 0 N–H and O–H groups in total. The summed E-state index contributed by atoms with van der Waals surface area (Å²) in [6.07, 6.45) is 4.53. The van der Waals surface area contributed by atoms with Crippen molar-refractivity contribution in [1.82, 2.24) is 9.88 Å². The van der Waals surface area contributed by atoms with Gasteiger partial charge in [0.15, 0.2) is 9.84 Å². The van der Waals surface area contributed by atoms with Crippen molar-refractivity contribution in [2.75, 3.05) is 18.8 Å². The zero-order valence-corrected chi connectivity index (χ0v) is 13.3. The lowest BCUT2D eigenvalue weighted by atomic mass is 10.1. The fraction of sp³-hybridized carbons (Fsp3) is 0.600. The summed E-state index contributed by atoms with van der Waals surface area (Å²) in [5.74, 6) is 0.192. The standard InChI is InChI=1S/C15H22N2O3S/c1-12(2)11-21(19,20)14-4-3-9-17(10-14)15(18)13-5-7-16-8-6-13/h5-8,12,14H,3-4,9-11H2,1-2H3. The van der Waals surface area contributed by atoms with Crippen molar-refractivity contribution in [1.29, 1.82) is 0 Å². The molecule has 116 valence electrons. The molecular formula is C15H22N2O3S. The van der Waals surface area contributed by atoms with Gasteiger partial charge in [-0.2, -0.15) is 0 Å². The van der Waals surface area contributed by atoms with Gasteiger partial charge in [0.05, 0.1) is 11.0 Å². The van der Waals surface area contributed by atoms with E-state index in [2.05, 4.69) is 4.98 Å². The van der Waals surface area contributed by atoms with Crippen LogP contribution in [0, 0.1) is 5.92 Å². The molecule has 2 rings (SSSR count). The highest BCUT2D eigenvalue weighted by Crippen LogP contribution is 2.21. The predicted molar refractivity (Wildman–Crippen MR) is 81.8 cm³/mol. The van der Waals surface area contributed by atoms with E-state index in [-0.39, 0.29) is 17.6 Å². The van der Waals surface area contributed by atoms with Crippen LogP contribution in [0.25, 0.3) is 0 Å². The highest BCUT2D eigenvalue weighted by atomic mass is 32.2. The van der Waals surface area contributed by atoms with E-state index in [1.807, 2.05) is 13.8 Å². The number of hydrogen-bond acceptors (Lipinski definition) is 4. The van der Waals surface area contributed by atoms with Crippen molar-refractivity contribution in [2.24, 2.45) is 5.92 Å². The maximum atomic E-state index is 12.4. The first-order chi connectivity index (χ1) is 9.90. The van der Waals surface area contributed by atoms with Crippen LogP contribution >= 0.6 is 0 Å². The molecule has 0 spiro atoms. The zero-order chi connectivity index (χ0) is 15.5. The van der Waals surface area contributed by atoms with Crippen molar-refractivity contribution in [3.05, 3.63) is 30.1 Å². The van der Waals surface area contributed by atoms with Crippen LogP contribution in [0.5, 0.6) is 0 Å². The SMILES string of the molecule is CC(C)CS(=O)(=O)C1CCCN(C(=O)c2ccncc2)C1. The van der Waals surface area contributed by atoms with Gasteiger partial charge in [0.25, 0.3) is 5.91 Å². The number of nitrogens with zero attached hydrogens (tertiary/aromatic N) is 2. The normalized spacial score (nSPS) is 19.8. The molecule has 0 bridgehead atoms. The van der Waals surface area contributed by atoms with Gasteiger partial charge < -0.3 is 4.90 Å². The molecule has 1 aliphatic rings. The van der Waals surface area contributed by atoms with Gasteiger partial charge in [-0.3, -0.25) is 9.78 Å². The van der Waals surface area contributed by atoms with E-state index < -0.39 is 15.1 Å². The van der Waals surface area contributed by atoms with Gasteiger partial charge in [-0.05, 0) is 30.9 Å². The van der Waals surface area contributed by atoms with Crippen molar-refractivity contribution in [2.45, 2.75) is 31.9 Å². The molecule has 0 radical (unpaired) electrons. The third kappa shape index (κ3) is 4.03. The minimum atomic E-state index is -3.14. The number of sulfone groups is 1. The molecule has 1 aromatic rings. The molecule has 1 fully saturated rings. The quantitative estimate of drug-likeness (QED) is 0.850. The second kappa shape index (κ2) is 6.56. The predicted octanol–water partition coefficient (Wildman–Crippen LogP) is 1.76. The number of pyridine rings is 1. The molecule has 2 heterocycles. The molecule has 6 heteroatoms. The summed E-state index contributed by atoms with van der Waals surface area (Å²) in [5.41, 5.74) is 0.562. The number of carbonyl (C=O) groups is 1. The van der Waals surface area contributed by atoms with Gasteiger partial charge in [0.2, 0.25) is 0 Å². The average molecular weight is 310 g/mol. The molecule has 21 heavy (non-hydrogen) atoms. The van der Waals surface area contributed by atoms with Crippen molar-refractivity contribution in [3.63, 3.8) is 0 Å². The first-order valence-corrected chi connectivity index (χ1v) is 9.02. The Labute approximate surface area is 126 Å². The second-order valence-electron chi connectivity index (χ2n) is 5.97. The summed E-state index contributed by atoms with van der Waals surface area (Å²) in [7, 11) is -3.14. The van der Waals surface area contributed by atoms with Gasteiger partial charge >= 0.3 is 0 Å². The van der Waals surface area contributed by atoms with Crippen LogP contribution in [0.2, 0.25) is 0 Å². The summed E-state index contributed by atoms with van der Waals surface area (Å²) in [5, 5.41) is -0.431. The molecule has 1 aliphatic heterocycles. The number of piperidine rings is 1. The van der Waals surface area contributed by atoms with E-state index in [9.17, 15) is 13.2 Å². The van der Waals surface area contributed by atoms with Crippen LogP contribution in [0.15, 0.2) is 24.5 Å².